The van der Waals surface area contributed by atoms with Crippen molar-refractivity contribution in [3.63, 3.8) is 0 Å². The van der Waals surface area contributed by atoms with Crippen molar-refractivity contribution in [2.75, 3.05) is 25.1 Å². The molecule has 0 aliphatic carbocycles. The third-order valence-electron chi connectivity index (χ3n) is 4.38. The molecule has 2 aromatic carbocycles. The highest BCUT2D eigenvalue weighted by Gasteiger charge is 2.16. The van der Waals surface area contributed by atoms with E-state index < -0.39 is 24.4 Å². The molecule has 0 aliphatic rings. The fourth-order valence-electron chi connectivity index (χ4n) is 2.90. The summed E-state index contributed by atoms with van der Waals surface area (Å²) in [6.07, 6.45) is 0. The Morgan fingerprint density at radius 3 is 2.47 bits per heavy atom. The monoisotopic (exact) mass is 412 g/mol. The van der Waals surface area contributed by atoms with Gasteiger partial charge in [-0.1, -0.05) is 44.2 Å². The van der Waals surface area contributed by atoms with E-state index in [0.29, 0.717) is 17.9 Å². The van der Waals surface area contributed by atoms with Gasteiger partial charge in [-0.25, -0.2) is 0 Å². The summed E-state index contributed by atoms with van der Waals surface area (Å²) >= 11 is 0. The molecule has 0 heterocycles. The maximum atomic E-state index is 12.3. The van der Waals surface area contributed by atoms with E-state index in [-0.39, 0.29) is 12.5 Å². The number of carbonyl (C=O) groups is 3. The number of ether oxygens (including phenoxy) is 2. The first-order valence-electron chi connectivity index (χ1n) is 9.88. The number of aryl methyl sites for hydroxylation is 1. The van der Waals surface area contributed by atoms with Crippen molar-refractivity contribution in [3.05, 3.63) is 59.2 Å². The highest BCUT2D eigenvalue weighted by molar-refractivity contribution is 5.98. The fraction of sp³-hybridized carbons (Fsp3) is 0.348. The summed E-state index contributed by atoms with van der Waals surface area (Å²) in [5.41, 5.74) is 3.00. The van der Waals surface area contributed by atoms with Crippen molar-refractivity contribution in [1.29, 1.82) is 0 Å². The van der Waals surface area contributed by atoms with E-state index in [1.165, 1.54) is 0 Å². The molecule has 0 saturated carbocycles. The normalized spacial score (nSPS) is 10.4. The summed E-state index contributed by atoms with van der Waals surface area (Å²) in [6.45, 7) is 7.43. The minimum Gasteiger partial charge on any atom is -0.493 e. The number of amides is 2. The smallest absolute Gasteiger partial charge is 0.325 e. The quantitative estimate of drug-likeness (QED) is 0.616. The Kier molecular flexibility index (Phi) is 8.41. The second-order valence-corrected chi connectivity index (χ2v) is 7.01. The molecule has 0 saturated heterocycles. The summed E-state index contributed by atoms with van der Waals surface area (Å²) in [5.74, 6) is -0.933. The Morgan fingerprint density at radius 2 is 1.77 bits per heavy atom. The van der Waals surface area contributed by atoms with Crippen LogP contribution in [0.3, 0.4) is 0 Å². The molecule has 0 aromatic heterocycles. The number of carbonyl (C=O) groups excluding carboxylic acids is 3. The van der Waals surface area contributed by atoms with Crippen LogP contribution >= 0.6 is 0 Å². The van der Waals surface area contributed by atoms with Crippen LogP contribution in [0, 0.1) is 6.92 Å². The predicted molar refractivity (Wildman–Crippen MR) is 115 cm³/mol. The van der Waals surface area contributed by atoms with E-state index >= 15 is 0 Å². The Balaban J connectivity index is 1.86. The Morgan fingerprint density at radius 1 is 1.03 bits per heavy atom. The summed E-state index contributed by atoms with van der Waals surface area (Å²) in [7, 11) is 0. The van der Waals surface area contributed by atoms with Crippen molar-refractivity contribution >= 4 is 23.5 Å². The maximum absolute atomic E-state index is 12.3. The van der Waals surface area contributed by atoms with Gasteiger partial charge in [0.05, 0.1) is 12.2 Å². The van der Waals surface area contributed by atoms with Gasteiger partial charge >= 0.3 is 5.97 Å². The molecule has 30 heavy (non-hydrogen) atoms. The second kappa shape index (κ2) is 11.0. The van der Waals surface area contributed by atoms with Crippen molar-refractivity contribution < 1.29 is 23.9 Å². The van der Waals surface area contributed by atoms with Crippen LogP contribution in [-0.2, 0) is 14.3 Å². The van der Waals surface area contributed by atoms with E-state index in [2.05, 4.69) is 10.6 Å². The highest BCUT2D eigenvalue weighted by Crippen LogP contribution is 2.27. The van der Waals surface area contributed by atoms with E-state index in [9.17, 15) is 14.4 Å². The summed E-state index contributed by atoms with van der Waals surface area (Å²) < 4.78 is 10.4. The number of benzene rings is 2. The second-order valence-electron chi connectivity index (χ2n) is 7.01. The summed E-state index contributed by atoms with van der Waals surface area (Å²) in [6, 6.07) is 12.5. The minimum absolute atomic E-state index is 0.234. The standard InChI is InChI=1S/C23H28N2O5/c1-5-29-19-12-7-6-10-18(19)23(28)24-13-21(27)30-14-20(26)25-22-16(4)9-8-11-17(22)15(2)3/h6-12,15H,5,13-14H2,1-4H3,(H,24,28)(H,25,26). The van der Waals surface area contributed by atoms with Gasteiger partial charge in [0.15, 0.2) is 6.61 Å². The fourth-order valence-corrected chi connectivity index (χ4v) is 2.90. The molecule has 7 heteroatoms. The first-order chi connectivity index (χ1) is 14.3. The first kappa shape index (κ1) is 22.9. The average Bonchev–Trinajstić information content (AvgIpc) is 2.72. The molecule has 7 nitrogen and oxygen atoms in total. The van der Waals surface area contributed by atoms with E-state index in [1.54, 1.807) is 24.3 Å². The molecule has 0 spiro atoms. The van der Waals surface area contributed by atoms with Crippen molar-refractivity contribution in [3.8, 4) is 5.75 Å². The van der Waals surface area contributed by atoms with Gasteiger partial charge in [-0.3, -0.25) is 14.4 Å². The zero-order chi connectivity index (χ0) is 22.1. The maximum Gasteiger partial charge on any atom is 0.325 e. The zero-order valence-electron chi connectivity index (χ0n) is 17.8. The molecule has 2 aromatic rings. The molecule has 0 unspecified atom stereocenters. The first-order valence-corrected chi connectivity index (χ1v) is 9.88. The molecule has 2 amide bonds. The van der Waals surface area contributed by atoms with E-state index in [1.807, 2.05) is 45.9 Å². The van der Waals surface area contributed by atoms with E-state index in [0.717, 1.165) is 16.8 Å². The van der Waals surface area contributed by atoms with Gasteiger partial charge in [-0.2, -0.15) is 0 Å². The lowest BCUT2D eigenvalue weighted by molar-refractivity contribution is -0.146. The molecule has 0 atom stereocenters. The average molecular weight is 412 g/mol. The Bertz CT molecular complexity index is 908. The van der Waals surface area contributed by atoms with Gasteiger partial charge in [-0.05, 0) is 43.0 Å². The lowest BCUT2D eigenvalue weighted by Gasteiger charge is -2.16. The van der Waals surface area contributed by atoms with Crippen molar-refractivity contribution in [1.82, 2.24) is 5.32 Å². The van der Waals surface area contributed by atoms with Gasteiger partial charge in [0.25, 0.3) is 11.8 Å². The van der Waals surface area contributed by atoms with E-state index in [4.69, 9.17) is 9.47 Å². The number of rotatable bonds is 9. The summed E-state index contributed by atoms with van der Waals surface area (Å²) in [4.78, 5) is 36.5. The molecular formula is C23H28N2O5. The molecule has 160 valence electrons. The van der Waals surface area contributed by atoms with Crippen LogP contribution < -0.4 is 15.4 Å². The third-order valence-corrected chi connectivity index (χ3v) is 4.38. The Hall–Kier alpha value is -3.35. The van der Waals surface area contributed by atoms with Crippen molar-refractivity contribution in [2.24, 2.45) is 0 Å². The molecular weight excluding hydrogens is 384 g/mol. The third kappa shape index (κ3) is 6.34. The summed E-state index contributed by atoms with van der Waals surface area (Å²) in [5, 5.41) is 5.29. The van der Waals surface area contributed by atoms with Crippen LogP contribution in [0.25, 0.3) is 0 Å². The van der Waals surface area contributed by atoms with Gasteiger partial charge < -0.3 is 20.1 Å². The van der Waals surface area contributed by atoms with Crippen LogP contribution in [0.2, 0.25) is 0 Å². The highest BCUT2D eigenvalue weighted by atomic mass is 16.5. The topological polar surface area (TPSA) is 93.7 Å². The van der Waals surface area contributed by atoms with Crippen LogP contribution in [0.1, 0.15) is 48.2 Å². The lowest BCUT2D eigenvalue weighted by Crippen LogP contribution is -2.32. The number of hydrogen-bond donors (Lipinski definition) is 2. The van der Waals surface area contributed by atoms with Crippen LogP contribution in [0.4, 0.5) is 5.69 Å². The molecule has 0 fully saturated rings. The van der Waals surface area contributed by atoms with Gasteiger partial charge in [-0.15, -0.1) is 0 Å². The van der Waals surface area contributed by atoms with Crippen molar-refractivity contribution in [2.45, 2.75) is 33.6 Å². The molecule has 0 bridgehead atoms. The minimum atomic E-state index is -0.707. The lowest BCUT2D eigenvalue weighted by atomic mass is 9.98. The molecule has 2 N–H and O–H groups in total. The van der Waals surface area contributed by atoms with Crippen LogP contribution in [0.5, 0.6) is 5.75 Å². The largest absolute Gasteiger partial charge is 0.493 e. The number of hydrogen-bond acceptors (Lipinski definition) is 5. The molecule has 0 radical (unpaired) electrons. The zero-order valence-corrected chi connectivity index (χ0v) is 17.8. The van der Waals surface area contributed by atoms with Gasteiger partial charge in [0.2, 0.25) is 0 Å². The Labute approximate surface area is 176 Å². The molecule has 2 rings (SSSR count). The van der Waals surface area contributed by atoms with Gasteiger partial charge in [0.1, 0.15) is 12.3 Å². The van der Waals surface area contributed by atoms with Crippen LogP contribution in [0.15, 0.2) is 42.5 Å². The number of anilines is 1. The number of esters is 1. The van der Waals surface area contributed by atoms with Crippen LogP contribution in [-0.4, -0.2) is 37.5 Å². The number of para-hydroxylation sites is 2. The SMILES string of the molecule is CCOc1ccccc1C(=O)NCC(=O)OCC(=O)Nc1c(C)cccc1C(C)C. The number of nitrogens with one attached hydrogen (secondary N) is 2. The van der Waals surface area contributed by atoms with Gasteiger partial charge in [0, 0.05) is 5.69 Å². The predicted octanol–water partition coefficient (Wildman–Crippen LogP) is 3.43. The molecule has 0 aliphatic heterocycles.